The van der Waals surface area contributed by atoms with Crippen LogP contribution in [0.1, 0.15) is 11.1 Å². The van der Waals surface area contributed by atoms with Crippen molar-refractivity contribution in [1.82, 2.24) is 0 Å². The van der Waals surface area contributed by atoms with Gasteiger partial charge in [0.2, 0.25) is 0 Å². The van der Waals surface area contributed by atoms with Gasteiger partial charge in [-0.05, 0) is 11.6 Å². The summed E-state index contributed by atoms with van der Waals surface area (Å²) in [7, 11) is 1.51. The molecule has 0 saturated heterocycles. The third-order valence-corrected chi connectivity index (χ3v) is 2.97. The van der Waals surface area contributed by atoms with Crippen LogP contribution in [0.4, 0.5) is 4.39 Å². The van der Waals surface area contributed by atoms with Crippen molar-refractivity contribution in [2.75, 3.05) is 7.11 Å². The lowest BCUT2D eigenvalue weighted by Gasteiger charge is -2.13. The quantitative estimate of drug-likeness (QED) is 0.766. The molecule has 2 rings (SSSR count). The van der Waals surface area contributed by atoms with Gasteiger partial charge in [-0.15, -0.1) is 11.6 Å². The molecule has 0 unspecified atom stereocenters. The molecule has 0 aliphatic rings. The molecule has 0 aliphatic carbocycles. The van der Waals surface area contributed by atoms with Gasteiger partial charge in [-0.2, -0.15) is 0 Å². The summed E-state index contributed by atoms with van der Waals surface area (Å²) < 4.78 is 24.3. The van der Waals surface area contributed by atoms with Crippen LogP contribution in [0.2, 0.25) is 0 Å². The normalized spacial score (nSPS) is 10.3. The second kappa shape index (κ2) is 6.43. The standard InChI is InChI=1S/C15H14ClFO2/c1-18-15-12(9-16)7-13(17)8-14(15)19-10-11-5-3-2-4-6-11/h2-8H,9-10H2,1H3. The average molecular weight is 281 g/mol. The van der Waals surface area contributed by atoms with Crippen molar-refractivity contribution in [3.63, 3.8) is 0 Å². The first-order valence-electron chi connectivity index (χ1n) is 5.83. The minimum atomic E-state index is -0.389. The summed E-state index contributed by atoms with van der Waals surface area (Å²) >= 11 is 5.77. The number of rotatable bonds is 5. The number of halogens is 2. The van der Waals surface area contributed by atoms with Crippen molar-refractivity contribution in [3.8, 4) is 11.5 Å². The zero-order chi connectivity index (χ0) is 13.7. The van der Waals surface area contributed by atoms with Crippen LogP contribution < -0.4 is 9.47 Å². The summed E-state index contributed by atoms with van der Waals surface area (Å²) in [5, 5.41) is 0. The number of hydrogen-bond acceptors (Lipinski definition) is 2. The van der Waals surface area contributed by atoms with Gasteiger partial charge < -0.3 is 9.47 Å². The number of alkyl halides is 1. The van der Waals surface area contributed by atoms with E-state index in [1.807, 2.05) is 30.3 Å². The lowest BCUT2D eigenvalue weighted by molar-refractivity contribution is 0.282. The summed E-state index contributed by atoms with van der Waals surface area (Å²) in [4.78, 5) is 0. The Morgan fingerprint density at radius 3 is 2.53 bits per heavy atom. The van der Waals surface area contributed by atoms with Gasteiger partial charge in [-0.25, -0.2) is 4.39 Å². The van der Waals surface area contributed by atoms with Gasteiger partial charge in [-0.1, -0.05) is 30.3 Å². The number of benzene rings is 2. The number of ether oxygens (including phenoxy) is 2. The van der Waals surface area contributed by atoms with Gasteiger partial charge in [0, 0.05) is 11.6 Å². The van der Waals surface area contributed by atoms with Gasteiger partial charge >= 0.3 is 0 Å². The molecule has 2 aromatic rings. The largest absolute Gasteiger partial charge is 0.493 e. The topological polar surface area (TPSA) is 18.5 Å². The third kappa shape index (κ3) is 3.38. The van der Waals surface area contributed by atoms with Crippen LogP contribution in [-0.2, 0) is 12.5 Å². The van der Waals surface area contributed by atoms with Crippen LogP contribution >= 0.6 is 11.6 Å². The van der Waals surface area contributed by atoms with E-state index in [4.69, 9.17) is 21.1 Å². The smallest absolute Gasteiger partial charge is 0.165 e. The van der Waals surface area contributed by atoms with E-state index in [1.54, 1.807) is 0 Å². The minimum absolute atomic E-state index is 0.169. The third-order valence-electron chi connectivity index (χ3n) is 2.68. The number of hydrogen-bond donors (Lipinski definition) is 0. The van der Waals surface area contributed by atoms with Crippen LogP contribution in [0.25, 0.3) is 0 Å². The summed E-state index contributed by atoms with van der Waals surface area (Å²) in [6.07, 6.45) is 0. The molecule has 0 atom stereocenters. The number of methoxy groups -OCH3 is 1. The Bertz CT molecular complexity index is 543. The highest BCUT2D eigenvalue weighted by atomic mass is 35.5. The van der Waals surface area contributed by atoms with E-state index in [0.29, 0.717) is 23.7 Å². The molecule has 0 amide bonds. The Morgan fingerprint density at radius 2 is 1.89 bits per heavy atom. The Morgan fingerprint density at radius 1 is 1.16 bits per heavy atom. The Labute approximate surface area is 116 Å². The highest BCUT2D eigenvalue weighted by Crippen LogP contribution is 2.33. The fourth-order valence-electron chi connectivity index (χ4n) is 1.80. The maximum Gasteiger partial charge on any atom is 0.165 e. The minimum Gasteiger partial charge on any atom is -0.493 e. The van der Waals surface area contributed by atoms with E-state index in [1.165, 1.54) is 19.2 Å². The predicted molar refractivity (Wildman–Crippen MR) is 73.3 cm³/mol. The van der Waals surface area contributed by atoms with Crippen LogP contribution in [0.5, 0.6) is 11.5 Å². The Kier molecular flexibility index (Phi) is 4.63. The van der Waals surface area contributed by atoms with Crippen molar-refractivity contribution in [1.29, 1.82) is 0 Å². The molecule has 4 heteroatoms. The molecule has 0 heterocycles. The lowest BCUT2D eigenvalue weighted by atomic mass is 10.2. The van der Waals surface area contributed by atoms with E-state index >= 15 is 0 Å². The molecule has 0 fully saturated rings. The van der Waals surface area contributed by atoms with Crippen LogP contribution in [-0.4, -0.2) is 7.11 Å². The SMILES string of the molecule is COc1c(CCl)cc(F)cc1OCc1ccccc1. The first-order chi connectivity index (χ1) is 9.24. The van der Waals surface area contributed by atoms with E-state index < -0.39 is 0 Å². The fourth-order valence-corrected chi connectivity index (χ4v) is 1.99. The van der Waals surface area contributed by atoms with Crippen molar-refractivity contribution in [3.05, 3.63) is 59.4 Å². The molecular weight excluding hydrogens is 267 g/mol. The van der Waals surface area contributed by atoms with E-state index in [-0.39, 0.29) is 11.7 Å². The van der Waals surface area contributed by atoms with Crippen molar-refractivity contribution < 1.29 is 13.9 Å². The second-order valence-electron chi connectivity index (χ2n) is 4.00. The molecule has 0 spiro atoms. The molecule has 100 valence electrons. The highest BCUT2D eigenvalue weighted by Gasteiger charge is 2.12. The summed E-state index contributed by atoms with van der Waals surface area (Å²) in [5.41, 5.74) is 1.58. The highest BCUT2D eigenvalue weighted by molar-refractivity contribution is 6.17. The molecule has 2 aromatic carbocycles. The Balaban J connectivity index is 2.22. The van der Waals surface area contributed by atoms with Crippen molar-refractivity contribution >= 4 is 11.6 Å². The molecule has 0 aromatic heterocycles. The van der Waals surface area contributed by atoms with E-state index in [9.17, 15) is 4.39 Å². The second-order valence-corrected chi connectivity index (χ2v) is 4.27. The maximum absolute atomic E-state index is 13.5. The Hall–Kier alpha value is -1.74. The van der Waals surface area contributed by atoms with Crippen LogP contribution in [0.3, 0.4) is 0 Å². The average Bonchev–Trinajstić information content (AvgIpc) is 2.45. The fraction of sp³-hybridized carbons (Fsp3) is 0.200. The molecule has 19 heavy (non-hydrogen) atoms. The maximum atomic E-state index is 13.5. The molecule has 0 saturated carbocycles. The molecule has 2 nitrogen and oxygen atoms in total. The summed E-state index contributed by atoms with van der Waals surface area (Å²) in [5.74, 6) is 0.622. The van der Waals surface area contributed by atoms with Crippen molar-refractivity contribution in [2.45, 2.75) is 12.5 Å². The van der Waals surface area contributed by atoms with Crippen LogP contribution in [0, 0.1) is 5.82 Å². The predicted octanol–water partition coefficient (Wildman–Crippen LogP) is 4.15. The van der Waals surface area contributed by atoms with Gasteiger partial charge in [0.1, 0.15) is 12.4 Å². The monoisotopic (exact) mass is 280 g/mol. The van der Waals surface area contributed by atoms with E-state index in [2.05, 4.69) is 0 Å². The van der Waals surface area contributed by atoms with Crippen molar-refractivity contribution in [2.24, 2.45) is 0 Å². The summed E-state index contributed by atoms with van der Waals surface area (Å²) in [6.45, 7) is 0.350. The zero-order valence-electron chi connectivity index (χ0n) is 10.5. The zero-order valence-corrected chi connectivity index (χ0v) is 11.3. The first-order valence-corrected chi connectivity index (χ1v) is 6.37. The van der Waals surface area contributed by atoms with Crippen LogP contribution in [0.15, 0.2) is 42.5 Å². The molecule has 0 bridgehead atoms. The van der Waals surface area contributed by atoms with Gasteiger partial charge in [0.25, 0.3) is 0 Å². The molecule has 0 radical (unpaired) electrons. The van der Waals surface area contributed by atoms with E-state index in [0.717, 1.165) is 5.56 Å². The molecular formula is C15H14ClFO2. The van der Waals surface area contributed by atoms with Gasteiger partial charge in [0.05, 0.1) is 13.0 Å². The lowest BCUT2D eigenvalue weighted by Crippen LogP contribution is -2.00. The molecule has 0 N–H and O–H groups in total. The summed E-state index contributed by atoms with van der Waals surface area (Å²) in [6, 6.07) is 12.3. The molecule has 0 aliphatic heterocycles. The van der Waals surface area contributed by atoms with Gasteiger partial charge in [-0.3, -0.25) is 0 Å². The first kappa shape index (κ1) is 13.7. The van der Waals surface area contributed by atoms with Gasteiger partial charge in [0.15, 0.2) is 11.5 Å².